The van der Waals surface area contributed by atoms with Crippen LogP contribution in [0.3, 0.4) is 0 Å². The standard InChI is InChI=1S/C20H30N4O4S/c25-17(23-20-21-10-12-29-20)8-9-19(27)24(15-5-2-1-3-6-15)14-18(26)22-13-16-7-4-11-28-16/h10,12,15-16H,1-9,11,13-14H2,(H,22,26)(H,21,23,25)/t16-/m1/s1. The normalized spacial score (nSPS) is 19.7. The molecule has 2 fully saturated rings. The third kappa shape index (κ3) is 7.08. The van der Waals surface area contributed by atoms with Crippen molar-refractivity contribution in [3.8, 4) is 0 Å². The van der Waals surface area contributed by atoms with E-state index in [1.165, 1.54) is 17.8 Å². The Balaban J connectivity index is 1.50. The summed E-state index contributed by atoms with van der Waals surface area (Å²) in [4.78, 5) is 43.1. The van der Waals surface area contributed by atoms with Gasteiger partial charge in [0.25, 0.3) is 0 Å². The molecule has 1 aromatic heterocycles. The van der Waals surface area contributed by atoms with Crippen LogP contribution in [0.2, 0.25) is 0 Å². The SMILES string of the molecule is O=C(CN(C(=O)CCC(=O)Nc1nccs1)C1CCCCC1)NC[C@H]1CCCO1. The lowest BCUT2D eigenvalue weighted by atomic mass is 9.94. The first-order valence-electron chi connectivity index (χ1n) is 10.5. The summed E-state index contributed by atoms with van der Waals surface area (Å²) in [6.45, 7) is 1.28. The summed E-state index contributed by atoms with van der Waals surface area (Å²) in [5, 5.41) is 7.90. The van der Waals surface area contributed by atoms with E-state index in [1.807, 2.05) is 0 Å². The van der Waals surface area contributed by atoms with E-state index in [9.17, 15) is 14.4 Å². The molecule has 1 saturated heterocycles. The summed E-state index contributed by atoms with van der Waals surface area (Å²) in [5.74, 6) is -0.537. The van der Waals surface area contributed by atoms with Crippen LogP contribution in [-0.2, 0) is 19.1 Å². The predicted octanol–water partition coefficient (Wildman–Crippen LogP) is 2.32. The van der Waals surface area contributed by atoms with Gasteiger partial charge in [0.2, 0.25) is 17.7 Å². The molecule has 2 heterocycles. The lowest BCUT2D eigenvalue weighted by molar-refractivity contribution is -0.139. The molecule has 1 aliphatic heterocycles. The van der Waals surface area contributed by atoms with Gasteiger partial charge in [0, 0.05) is 43.6 Å². The minimum atomic E-state index is -0.236. The summed E-state index contributed by atoms with van der Waals surface area (Å²) in [7, 11) is 0. The zero-order chi connectivity index (χ0) is 20.5. The first kappa shape index (κ1) is 21.7. The monoisotopic (exact) mass is 422 g/mol. The first-order chi connectivity index (χ1) is 14.1. The van der Waals surface area contributed by atoms with E-state index in [0.717, 1.165) is 45.1 Å². The van der Waals surface area contributed by atoms with Crippen molar-refractivity contribution in [2.75, 3.05) is 25.0 Å². The predicted molar refractivity (Wildman–Crippen MR) is 111 cm³/mol. The van der Waals surface area contributed by atoms with Crippen molar-refractivity contribution in [2.24, 2.45) is 0 Å². The van der Waals surface area contributed by atoms with Gasteiger partial charge in [-0.1, -0.05) is 19.3 Å². The maximum atomic E-state index is 12.9. The second-order valence-corrected chi connectivity index (χ2v) is 8.53. The largest absolute Gasteiger partial charge is 0.376 e. The minimum absolute atomic E-state index is 0.0460. The smallest absolute Gasteiger partial charge is 0.239 e. The number of carbonyl (C=O) groups excluding carboxylic acids is 3. The molecule has 9 heteroatoms. The molecule has 8 nitrogen and oxygen atoms in total. The maximum absolute atomic E-state index is 12.9. The number of rotatable bonds is 9. The topological polar surface area (TPSA) is 101 Å². The van der Waals surface area contributed by atoms with Crippen LogP contribution in [0.1, 0.15) is 57.8 Å². The molecule has 2 aliphatic rings. The van der Waals surface area contributed by atoms with Gasteiger partial charge in [0.05, 0.1) is 12.6 Å². The number of carbonyl (C=O) groups is 3. The fraction of sp³-hybridized carbons (Fsp3) is 0.700. The highest BCUT2D eigenvalue weighted by atomic mass is 32.1. The van der Waals surface area contributed by atoms with Crippen molar-refractivity contribution in [2.45, 2.75) is 69.9 Å². The first-order valence-corrected chi connectivity index (χ1v) is 11.4. The van der Waals surface area contributed by atoms with E-state index in [0.29, 0.717) is 11.7 Å². The van der Waals surface area contributed by atoms with Crippen LogP contribution in [0.15, 0.2) is 11.6 Å². The average molecular weight is 423 g/mol. The van der Waals surface area contributed by atoms with Gasteiger partial charge in [0.1, 0.15) is 0 Å². The van der Waals surface area contributed by atoms with Crippen molar-refractivity contribution in [1.82, 2.24) is 15.2 Å². The van der Waals surface area contributed by atoms with Crippen LogP contribution in [0.4, 0.5) is 5.13 Å². The number of nitrogens with zero attached hydrogens (tertiary/aromatic N) is 2. The summed E-state index contributed by atoms with van der Waals surface area (Å²) < 4.78 is 5.54. The lowest BCUT2D eigenvalue weighted by Gasteiger charge is -2.34. The molecule has 0 unspecified atom stereocenters. The summed E-state index contributed by atoms with van der Waals surface area (Å²) in [6, 6.07) is 0.0757. The Morgan fingerprint density at radius 1 is 1.10 bits per heavy atom. The third-order valence-corrected chi connectivity index (χ3v) is 6.13. The average Bonchev–Trinajstić information content (AvgIpc) is 3.43. The highest BCUT2D eigenvalue weighted by Gasteiger charge is 2.28. The lowest BCUT2D eigenvalue weighted by Crippen LogP contribution is -2.48. The van der Waals surface area contributed by atoms with Gasteiger partial charge in [-0.3, -0.25) is 14.4 Å². The summed E-state index contributed by atoms with van der Waals surface area (Å²) in [6.07, 6.45) is 8.97. The van der Waals surface area contributed by atoms with E-state index in [1.54, 1.807) is 16.5 Å². The number of hydrogen-bond acceptors (Lipinski definition) is 6. The van der Waals surface area contributed by atoms with Gasteiger partial charge in [-0.2, -0.15) is 0 Å². The summed E-state index contributed by atoms with van der Waals surface area (Å²) >= 11 is 1.34. The van der Waals surface area contributed by atoms with Crippen molar-refractivity contribution in [3.05, 3.63) is 11.6 Å². The molecule has 0 spiro atoms. The Morgan fingerprint density at radius 3 is 2.62 bits per heavy atom. The Kier molecular flexibility index (Phi) is 8.42. The Labute approximate surface area is 175 Å². The van der Waals surface area contributed by atoms with Crippen molar-refractivity contribution < 1.29 is 19.1 Å². The van der Waals surface area contributed by atoms with Crippen molar-refractivity contribution >= 4 is 34.2 Å². The summed E-state index contributed by atoms with van der Waals surface area (Å²) in [5.41, 5.74) is 0. The Hall–Kier alpha value is -2.00. The second-order valence-electron chi connectivity index (χ2n) is 7.64. The molecule has 160 valence electrons. The van der Waals surface area contributed by atoms with Crippen LogP contribution in [0.5, 0.6) is 0 Å². The van der Waals surface area contributed by atoms with Crippen LogP contribution in [-0.4, -0.2) is 59.4 Å². The number of aromatic nitrogens is 1. The van der Waals surface area contributed by atoms with Gasteiger partial charge in [-0.15, -0.1) is 11.3 Å². The molecular weight excluding hydrogens is 392 g/mol. The van der Waals surface area contributed by atoms with Gasteiger partial charge < -0.3 is 20.3 Å². The van der Waals surface area contributed by atoms with Crippen LogP contribution < -0.4 is 10.6 Å². The van der Waals surface area contributed by atoms with Crippen molar-refractivity contribution in [1.29, 1.82) is 0 Å². The Bertz CT molecular complexity index is 670. The Morgan fingerprint density at radius 2 is 1.93 bits per heavy atom. The van der Waals surface area contributed by atoms with Crippen LogP contribution in [0.25, 0.3) is 0 Å². The van der Waals surface area contributed by atoms with Crippen molar-refractivity contribution in [3.63, 3.8) is 0 Å². The molecule has 3 rings (SSSR count). The molecule has 1 aliphatic carbocycles. The van der Waals surface area contributed by atoms with Gasteiger partial charge in [-0.05, 0) is 25.7 Å². The number of thiazole rings is 1. The number of nitrogens with one attached hydrogen (secondary N) is 2. The molecular formula is C20H30N4O4S. The molecule has 2 N–H and O–H groups in total. The molecule has 3 amide bonds. The van der Waals surface area contributed by atoms with E-state index in [2.05, 4.69) is 15.6 Å². The zero-order valence-corrected chi connectivity index (χ0v) is 17.5. The van der Waals surface area contributed by atoms with Gasteiger partial charge in [-0.25, -0.2) is 4.98 Å². The fourth-order valence-corrected chi connectivity index (χ4v) is 4.43. The quantitative estimate of drug-likeness (QED) is 0.636. The van der Waals surface area contributed by atoms with Crippen LogP contribution >= 0.6 is 11.3 Å². The van der Waals surface area contributed by atoms with E-state index in [-0.39, 0.29) is 49.3 Å². The number of ether oxygens (including phenoxy) is 1. The fourth-order valence-electron chi connectivity index (χ4n) is 3.89. The second kappa shape index (κ2) is 11.3. The maximum Gasteiger partial charge on any atom is 0.239 e. The molecule has 29 heavy (non-hydrogen) atoms. The minimum Gasteiger partial charge on any atom is -0.376 e. The van der Waals surface area contributed by atoms with E-state index < -0.39 is 0 Å². The highest BCUT2D eigenvalue weighted by Crippen LogP contribution is 2.23. The zero-order valence-electron chi connectivity index (χ0n) is 16.7. The molecule has 0 bridgehead atoms. The third-order valence-electron chi connectivity index (χ3n) is 5.45. The van der Waals surface area contributed by atoms with Crippen LogP contribution in [0, 0.1) is 0 Å². The van der Waals surface area contributed by atoms with E-state index in [4.69, 9.17) is 4.74 Å². The molecule has 0 aromatic carbocycles. The highest BCUT2D eigenvalue weighted by molar-refractivity contribution is 7.13. The molecule has 1 saturated carbocycles. The molecule has 1 atom stereocenters. The number of anilines is 1. The van der Waals surface area contributed by atoms with Gasteiger partial charge >= 0.3 is 0 Å². The molecule has 1 aromatic rings. The van der Waals surface area contributed by atoms with E-state index >= 15 is 0 Å². The van der Waals surface area contributed by atoms with Gasteiger partial charge in [0.15, 0.2) is 5.13 Å². The number of hydrogen-bond donors (Lipinski definition) is 2. The molecule has 0 radical (unpaired) electrons. The number of amides is 3.